The third kappa shape index (κ3) is 3.76. The lowest BCUT2D eigenvalue weighted by atomic mass is 10.0. The molecule has 0 bridgehead atoms. The van der Waals surface area contributed by atoms with Gasteiger partial charge in [-0.2, -0.15) is 0 Å². The molecule has 1 atom stereocenters. The van der Waals surface area contributed by atoms with Crippen molar-refractivity contribution in [3.8, 4) is 5.75 Å². The summed E-state index contributed by atoms with van der Waals surface area (Å²) in [7, 11) is -2.21. The third-order valence-electron chi connectivity index (χ3n) is 3.95. The first-order valence-corrected chi connectivity index (χ1v) is 9.69. The second-order valence-electron chi connectivity index (χ2n) is 5.64. The number of nitrogens with one attached hydrogen (secondary N) is 1. The number of methoxy groups -OCH3 is 1. The van der Waals surface area contributed by atoms with Gasteiger partial charge in [0.1, 0.15) is 10.6 Å². The second-order valence-corrected chi connectivity index (χ2v) is 8.24. The Bertz CT molecular complexity index is 789. The predicted molar refractivity (Wildman–Crippen MR) is 92.9 cm³/mol. The van der Waals surface area contributed by atoms with Crippen LogP contribution in [0.4, 0.5) is 0 Å². The molecule has 0 spiro atoms. The van der Waals surface area contributed by atoms with Crippen molar-refractivity contribution in [1.82, 2.24) is 4.72 Å². The molecule has 1 fully saturated rings. The van der Waals surface area contributed by atoms with E-state index in [-0.39, 0.29) is 10.9 Å². The molecular weight excluding hydrogens is 378 g/mol. The van der Waals surface area contributed by atoms with Crippen molar-refractivity contribution in [1.29, 1.82) is 0 Å². The standard InChI is InChI=1S/C17H18BrNO3S/c1-22-15-10-9-14(18)11-16(15)23(20,21)19-17(13-7-8-13)12-5-3-2-4-6-12/h2-6,9-11,13,17,19H,7-8H2,1H3/t17-/m0/s1. The van der Waals surface area contributed by atoms with E-state index in [1.807, 2.05) is 30.3 Å². The Kier molecular flexibility index (Phi) is 4.75. The van der Waals surface area contributed by atoms with Gasteiger partial charge in [0, 0.05) is 10.5 Å². The summed E-state index contributed by atoms with van der Waals surface area (Å²) in [6, 6.07) is 14.5. The van der Waals surface area contributed by atoms with E-state index >= 15 is 0 Å². The van der Waals surface area contributed by atoms with Crippen LogP contribution in [0.2, 0.25) is 0 Å². The summed E-state index contributed by atoms with van der Waals surface area (Å²) in [5.74, 6) is 0.689. The summed E-state index contributed by atoms with van der Waals surface area (Å²) in [5.41, 5.74) is 0.993. The van der Waals surface area contributed by atoms with Crippen LogP contribution in [-0.2, 0) is 10.0 Å². The van der Waals surface area contributed by atoms with E-state index in [2.05, 4.69) is 20.7 Å². The van der Waals surface area contributed by atoms with Gasteiger partial charge in [-0.25, -0.2) is 13.1 Å². The first-order valence-electron chi connectivity index (χ1n) is 7.42. The number of benzene rings is 2. The quantitative estimate of drug-likeness (QED) is 0.806. The number of rotatable bonds is 6. The van der Waals surface area contributed by atoms with Gasteiger partial charge in [-0.1, -0.05) is 46.3 Å². The van der Waals surface area contributed by atoms with Crippen molar-refractivity contribution in [3.63, 3.8) is 0 Å². The molecule has 2 aromatic carbocycles. The highest BCUT2D eigenvalue weighted by Crippen LogP contribution is 2.42. The third-order valence-corrected chi connectivity index (χ3v) is 5.90. The molecule has 1 saturated carbocycles. The van der Waals surface area contributed by atoms with Gasteiger partial charge < -0.3 is 4.74 Å². The van der Waals surface area contributed by atoms with E-state index in [1.165, 1.54) is 7.11 Å². The smallest absolute Gasteiger partial charge is 0.244 e. The van der Waals surface area contributed by atoms with Gasteiger partial charge in [-0.15, -0.1) is 0 Å². The molecule has 0 radical (unpaired) electrons. The molecule has 4 nitrogen and oxygen atoms in total. The lowest BCUT2D eigenvalue weighted by molar-refractivity contribution is 0.401. The van der Waals surface area contributed by atoms with Crippen LogP contribution < -0.4 is 9.46 Å². The van der Waals surface area contributed by atoms with E-state index in [0.717, 1.165) is 18.4 Å². The van der Waals surface area contributed by atoms with Gasteiger partial charge in [-0.05, 0) is 42.5 Å². The lowest BCUT2D eigenvalue weighted by Gasteiger charge is -2.20. The molecule has 122 valence electrons. The Morgan fingerprint density at radius 1 is 1.17 bits per heavy atom. The topological polar surface area (TPSA) is 55.4 Å². The van der Waals surface area contributed by atoms with E-state index < -0.39 is 10.0 Å². The van der Waals surface area contributed by atoms with Gasteiger partial charge in [0.05, 0.1) is 7.11 Å². The van der Waals surface area contributed by atoms with E-state index in [0.29, 0.717) is 16.1 Å². The van der Waals surface area contributed by atoms with Crippen LogP contribution in [0, 0.1) is 5.92 Å². The van der Waals surface area contributed by atoms with Crippen molar-refractivity contribution in [2.75, 3.05) is 7.11 Å². The maximum Gasteiger partial charge on any atom is 0.244 e. The largest absolute Gasteiger partial charge is 0.495 e. The Hall–Kier alpha value is -1.37. The van der Waals surface area contributed by atoms with Crippen LogP contribution in [0.5, 0.6) is 5.75 Å². The van der Waals surface area contributed by atoms with E-state index in [1.54, 1.807) is 18.2 Å². The maximum absolute atomic E-state index is 12.9. The van der Waals surface area contributed by atoms with Crippen LogP contribution in [-0.4, -0.2) is 15.5 Å². The summed E-state index contributed by atoms with van der Waals surface area (Å²) in [6.07, 6.45) is 2.08. The number of hydrogen-bond donors (Lipinski definition) is 1. The fourth-order valence-corrected chi connectivity index (χ4v) is 4.62. The first-order chi connectivity index (χ1) is 11.0. The monoisotopic (exact) mass is 395 g/mol. The molecule has 0 aromatic heterocycles. The number of ether oxygens (including phenoxy) is 1. The van der Waals surface area contributed by atoms with Crippen molar-refractivity contribution in [2.45, 2.75) is 23.8 Å². The highest BCUT2D eigenvalue weighted by molar-refractivity contribution is 9.10. The molecule has 1 N–H and O–H groups in total. The number of sulfonamides is 1. The van der Waals surface area contributed by atoms with Gasteiger partial charge >= 0.3 is 0 Å². The Morgan fingerprint density at radius 3 is 2.48 bits per heavy atom. The molecule has 1 aliphatic carbocycles. The number of halogens is 1. The average molecular weight is 396 g/mol. The molecular formula is C17H18BrNO3S. The summed E-state index contributed by atoms with van der Waals surface area (Å²) in [6.45, 7) is 0. The molecule has 6 heteroatoms. The fraction of sp³-hybridized carbons (Fsp3) is 0.294. The summed E-state index contributed by atoms with van der Waals surface area (Å²) >= 11 is 3.32. The van der Waals surface area contributed by atoms with E-state index in [4.69, 9.17) is 4.74 Å². The minimum absolute atomic E-state index is 0.149. The molecule has 0 unspecified atom stereocenters. The molecule has 0 amide bonds. The second kappa shape index (κ2) is 6.63. The molecule has 23 heavy (non-hydrogen) atoms. The van der Waals surface area contributed by atoms with Crippen LogP contribution in [0.3, 0.4) is 0 Å². The van der Waals surface area contributed by atoms with Crippen LogP contribution >= 0.6 is 15.9 Å². The van der Waals surface area contributed by atoms with Gasteiger partial charge in [0.2, 0.25) is 10.0 Å². The lowest BCUT2D eigenvalue weighted by Crippen LogP contribution is -2.30. The SMILES string of the molecule is COc1ccc(Br)cc1S(=O)(=O)N[C@@H](c1ccccc1)C1CC1. The average Bonchev–Trinajstić information content (AvgIpc) is 3.38. The Labute approximate surface area is 145 Å². The normalized spacial score (nSPS) is 16.1. The minimum Gasteiger partial charge on any atom is -0.495 e. The molecule has 0 heterocycles. The molecule has 0 saturated heterocycles. The number of hydrogen-bond acceptors (Lipinski definition) is 3. The molecule has 2 aromatic rings. The predicted octanol–water partition coefficient (Wildman–Crippen LogP) is 3.89. The fourth-order valence-electron chi connectivity index (χ4n) is 2.62. The maximum atomic E-state index is 12.9. The van der Waals surface area contributed by atoms with Crippen LogP contribution in [0.25, 0.3) is 0 Å². The zero-order valence-corrected chi connectivity index (χ0v) is 15.1. The summed E-state index contributed by atoms with van der Waals surface area (Å²) < 4.78 is 34.5. The van der Waals surface area contributed by atoms with Crippen LogP contribution in [0.15, 0.2) is 57.9 Å². The molecule has 1 aliphatic rings. The van der Waals surface area contributed by atoms with Crippen molar-refractivity contribution in [2.24, 2.45) is 5.92 Å². The Morgan fingerprint density at radius 2 is 1.87 bits per heavy atom. The zero-order chi connectivity index (χ0) is 16.4. The van der Waals surface area contributed by atoms with E-state index in [9.17, 15) is 8.42 Å². The van der Waals surface area contributed by atoms with Crippen LogP contribution in [0.1, 0.15) is 24.4 Å². The van der Waals surface area contributed by atoms with Gasteiger partial charge in [-0.3, -0.25) is 0 Å². The first kappa shape index (κ1) is 16.5. The van der Waals surface area contributed by atoms with Crippen molar-refractivity contribution >= 4 is 26.0 Å². The molecule has 0 aliphatic heterocycles. The van der Waals surface area contributed by atoms with Gasteiger partial charge in [0.15, 0.2) is 0 Å². The molecule has 3 rings (SSSR count). The minimum atomic E-state index is -3.68. The van der Waals surface area contributed by atoms with Gasteiger partial charge in [0.25, 0.3) is 0 Å². The summed E-state index contributed by atoms with van der Waals surface area (Å²) in [4.78, 5) is 0.149. The zero-order valence-electron chi connectivity index (χ0n) is 12.7. The van der Waals surface area contributed by atoms with Crippen molar-refractivity contribution < 1.29 is 13.2 Å². The van der Waals surface area contributed by atoms with Crippen molar-refractivity contribution in [3.05, 3.63) is 58.6 Å². The highest BCUT2D eigenvalue weighted by Gasteiger charge is 2.36. The summed E-state index contributed by atoms with van der Waals surface area (Å²) in [5, 5.41) is 0. The Balaban J connectivity index is 1.95. The highest BCUT2D eigenvalue weighted by atomic mass is 79.9.